The topological polar surface area (TPSA) is 61.8 Å². The molecule has 4 rings (SSSR count). The number of benzene rings is 2. The molecule has 2 aliphatic heterocycles. The van der Waals surface area contributed by atoms with Crippen LogP contribution in [0.4, 0.5) is 24.5 Å². The van der Waals surface area contributed by atoms with E-state index in [1.807, 2.05) is 24.1 Å². The molecule has 2 aromatic carbocycles. The molecule has 5 nitrogen and oxygen atoms in total. The van der Waals surface area contributed by atoms with Gasteiger partial charge in [0.1, 0.15) is 5.75 Å². The molecule has 2 aromatic rings. The number of alkyl halides is 3. The minimum Gasteiger partial charge on any atom is -0.493 e. The SMILES string of the molecule is CN1CC(O)Cc2c(NC(=O)/C=C3\CCCOc4cc(C(F)(F)F)ccc43)cccc21. The van der Waals surface area contributed by atoms with Crippen LogP contribution in [-0.2, 0) is 17.4 Å². The Labute approximate surface area is 178 Å². The second-order valence-corrected chi connectivity index (χ2v) is 7.86. The molecule has 0 aromatic heterocycles. The minimum atomic E-state index is -4.46. The average Bonchev–Trinajstić information content (AvgIpc) is 2.89. The van der Waals surface area contributed by atoms with E-state index in [4.69, 9.17) is 4.74 Å². The van der Waals surface area contributed by atoms with Gasteiger partial charge in [0.15, 0.2) is 0 Å². The van der Waals surface area contributed by atoms with Gasteiger partial charge in [0.2, 0.25) is 5.91 Å². The lowest BCUT2D eigenvalue weighted by Gasteiger charge is -2.32. The molecule has 0 aliphatic carbocycles. The number of hydrogen-bond donors (Lipinski definition) is 2. The lowest BCUT2D eigenvalue weighted by atomic mass is 9.97. The van der Waals surface area contributed by atoms with Gasteiger partial charge in [-0.05, 0) is 42.7 Å². The van der Waals surface area contributed by atoms with E-state index in [0.29, 0.717) is 42.6 Å². The zero-order valence-electron chi connectivity index (χ0n) is 17.0. The Morgan fingerprint density at radius 2 is 2.10 bits per heavy atom. The van der Waals surface area contributed by atoms with Crippen LogP contribution in [-0.4, -0.2) is 37.3 Å². The van der Waals surface area contributed by atoms with Gasteiger partial charge in [0.05, 0.1) is 18.3 Å². The first-order chi connectivity index (χ1) is 14.7. The van der Waals surface area contributed by atoms with Gasteiger partial charge in [-0.15, -0.1) is 0 Å². The maximum atomic E-state index is 13.0. The fraction of sp³-hybridized carbons (Fsp3) is 0.348. The molecule has 2 heterocycles. The molecule has 2 N–H and O–H groups in total. The van der Waals surface area contributed by atoms with Gasteiger partial charge in [-0.25, -0.2) is 0 Å². The Morgan fingerprint density at radius 3 is 2.87 bits per heavy atom. The first-order valence-corrected chi connectivity index (χ1v) is 10.1. The van der Waals surface area contributed by atoms with Gasteiger partial charge >= 0.3 is 6.18 Å². The number of likely N-dealkylation sites (N-methyl/N-ethyl adjacent to an activating group) is 1. The van der Waals surface area contributed by atoms with Crippen molar-refractivity contribution in [1.82, 2.24) is 0 Å². The van der Waals surface area contributed by atoms with E-state index in [9.17, 15) is 23.1 Å². The largest absolute Gasteiger partial charge is 0.493 e. The number of carbonyl (C=O) groups excluding carboxylic acids is 1. The van der Waals surface area contributed by atoms with Crippen molar-refractivity contribution in [3.63, 3.8) is 0 Å². The number of nitrogens with one attached hydrogen (secondary N) is 1. The smallest absolute Gasteiger partial charge is 0.416 e. The number of aliphatic hydroxyl groups excluding tert-OH is 1. The first-order valence-electron chi connectivity index (χ1n) is 10.1. The number of amides is 1. The third kappa shape index (κ3) is 4.54. The summed E-state index contributed by atoms with van der Waals surface area (Å²) in [5, 5.41) is 13.0. The van der Waals surface area contributed by atoms with Crippen LogP contribution < -0.4 is 15.0 Å². The molecule has 1 unspecified atom stereocenters. The predicted octanol–water partition coefficient (Wildman–Crippen LogP) is 4.25. The molecule has 31 heavy (non-hydrogen) atoms. The molecule has 8 heteroatoms. The summed E-state index contributed by atoms with van der Waals surface area (Å²) in [6, 6.07) is 8.90. The van der Waals surface area contributed by atoms with Crippen LogP contribution in [0.2, 0.25) is 0 Å². The summed E-state index contributed by atoms with van der Waals surface area (Å²) in [6.07, 6.45) is -2.03. The van der Waals surface area contributed by atoms with E-state index >= 15 is 0 Å². The highest BCUT2D eigenvalue weighted by Gasteiger charge is 2.32. The number of nitrogens with zero attached hydrogens (tertiary/aromatic N) is 1. The number of halogens is 3. The molecule has 1 amide bonds. The summed E-state index contributed by atoms with van der Waals surface area (Å²) in [5.41, 5.74) is 2.75. The summed E-state index contributed by atoms with van der Waals surface area (Å²) in [6.45, 7) is 0.800. The maximum absolute atomic E-state index is 13.0. The van der Waals surface area contributed by atoms with Crippen molar-refractivity contribution in [3.8, 4) is 5.75 Å². The van der Waals surface area contributed by atoms with Crippen molar-refractivity contribution >= 4 is 22.9 Å². The number of fused-ring (bicyclic) bond motifs is 2. The summed E-state index contributed by atoms with van der Waals surface area (Å²) in [4.78, 5) is 14.7. The number of hydrogen-bond acceptors (Lipinski definition) is 4. The van der Waals surface area contributed by atoms with Gasteiger partial charge in [-0.1, -0.05) is 12.1 Å². The fourth-order valence-electron chi connectivity index (χ4n) is 4.12. The molecule has 0 spiro atoms. The molecule has 0 radical (unpaired) electrons. The minimum absolute atomic E-state index is 0.133. The average molecular weight is 432 g/mol. The predicted molar refractivity (Wildman–Crippen MR) is 112 cm³/mol. The van der Waals surface area contributed by atoms with E-state index < -0.39 is 17.8 Å². The quantitative estimate of drug-likeness (QED) is 0.697. The van der Waals surface area contributed by atoms with Gasteiger partial charge in [0, 0.05) is 48.6 Å². The van der Waals surface area contributed by atoms with Crippen LogP contribution in [0.3, 0.4) is 0 Å². The van der Waals surface area contributed by atoms with Crippen LogP contribution in [0.1, 0.15) is 29.5 Å². The fourth-order valence-corrected chi connectivity index (χ4v) is 4.12. The van der Waals surface area contributed by atoms with Crippen LogP contribution in [0.15, 0.2) is 42.5 Å². The third-order valence-electron chi connectivity index (χ3n) is 5.55. The van der Waals surface area contributed by atoms with Crippen molar-refractivity contribution in [2.24, 2.45) is 0 Å². The number of aliphatic hydroxyl groups is 1. The number of carbonyl (C=O) groups is 1. The lowest BCUT2D eigenvalue weighted by molar-refractivity contribution is -0.137. The highest BCUT2D eigenvalue weighted by molar-refractivity contribution is 6.05. The normalized spacial score (nSPS) is 19.8. The number of rotatable bonds is 2. The van der Waals surface area contributed by atoms with Crippen LogP contribution in [0.5, 0.6) is 5.75 Å². The highest BCUT2D eigenvalue weighted by Crippen LogP contribution is 2.38. The Morgan fingerprint density at radius 1 is 1.29 bits per heavy atom. The third-order valence-corrected chi connectivity index (χ3v) is 5.55. The molecule has 0 saturated carbocycles. The molecule has 0 fully saturated rings. The van der Waals surface area contributed by atoms with E-state index in [-0.39, 0.29) is 18.3 Å². The van der Waals surface area contributed by atoms with Crippen molar-refractivity contribution in [1.29, 1.82) is 0 Å². The lowest BCUT2D eigenvalue weighted by Crippen LogP contribution is -2.36. The Hall–Kier alpha value is -3.00. The van der Waals surface area contributed by atoms with Gasteiger partial charge in [0.25, 0.3) is 0 Å². The second-order valence-electron chi connectivity index (χ2n) is 7.86. The van der Waals surface area contributed by atoms with E-state index in [1.54, 1.807) is 6.07 Å². The Bertz CT molecular complexity index is 1030. The zero-order chi connectivity index (χ0) is 22.2. The maximum Gasteiger partial charge on any atom is 0.416 e. The van der Waals surface area contributed by atoms with Crippen LogP contribution in [0.25, 0.3) is 5.57 Å². The number of ether oxygens (including phenoxy) is 1. The van der Waals surface area contributed by atoms with Crippen LogP contribution >= 0.6 is 0 Å². The summed E-state index contributed by atoms with van der Waals surface area (Å²) >= 11 is 0. The molecule has 0 bridgehead atoms. The van der Waals surface area contributed by atoms with E-state index in [0.717, 1.165) is 23.4 Å². The molecular formula is C23H23F3N2O3. The zero-order valence-corrected chi connectivity index (χ0v) is 17.0. The van der Waals surface area contributed by atoms with Gasteiger partial charge < -0.3 is 20.1 Å². The van der Waals surface area contributed by atoms with Crippen molar-refractivity contribution < 1.29 is 27.8 Å². The molecule has 164 valence electrons. The summed E-state index contributed by atoms with van der Waals surface area (Å²) in [5.74, 6) is -0.243. The molecular weight excluding hydrogens is 409 g/mol. The van der Waals surface area contributed by atoms with Crippen molar-refractivity contribution in [3.05, 3.63) is 59.2 Å². The first kappa shape index (κ1) is 21.2. The number of allylic oxidation sites excluding steroid dienone is 1. The van der Waals surface area contributed by atoms with E-state index in [2.05, 4.69) is 5.32 Å². The standard InChI is InChI=1S/C23H23F3N2O3/c1-28-13-16(29)12-18-19(5-2-6-20(18)28)27-22(30)10-14-4-3-9-31-21-11-15(23(24,25)26)7-8-17(14)21/h2,5-8,10-11,16,29H,3-4,9,12-13H2,1H3,(H,27,30)/b14-10+. The van der Waals surface area contributed by atoms with Crippen molar-refractivity contribution in [2.75, 3.05) is 30.4 Å². The van der Waals surface area contributed by atoms with Gasteiger partial charge in [-0.2, -0.15) is 13.2 Å². The number of anilines is 2. The highest BCUT2D eigenvalue weighted by atomic mass is 19.4. The molecule has 1 atom stereocenters. The van der Waals surface area contributed by atoms with E-state index in [1.165, 1.54) is 12.1 Å². The monoisotopic (exact) mass is 432 g/mol. The Balaban J connectivity index is 1.62. The van der Waals surface area contributed by atoms with Crippen molar-refractivity contribution in [2.45, 2.75) is 31.5 Å². The number of β-amino-alcohol motifs (C(OH)–C–C–N with tert-alkyl or cyclic N) is 1. The Kier molecular flexibility index (Phi) is 5.66. The second kappa shape index (κ2) is 8.26. The van der Waals surface area contributed by atoms with Gasteiger partial charge in [-0.3, -0.25) is 4.79 Å². The summed E-state index contributed by atoms with van der Waals surface area (Å²) in [7, 11) is 1.88. The van der Waals surface area contributed by atoms with Crippen LogP contribution in [0, 0.1) is 0 Å². The molecule has 0 saturated heterocycles. The summed E-state index contributed by atoms with van der Waals surface area (Å²) < 4.78 is 44.6. The molecule has 2 aliphatic rings.